The molecule has 0 fully saturated rings. The maximum atomic E-state index is 5.76. The maximum absolute atomic E-state index is 5.76. The minimum absolute atomic E-state index is 0.482. The number of rotatable bonds is 9. The normalized spacial score (nSPS) is 10.9. The minimum atomic E-state index is 0.482. The highest BCUT2D eigenvalue weighted by atomic mass is 16.5. The first-order chi connectivity index (χ1) is 8.75. The van der Waals surface area contributed by atoms with E-state index in [9.17, 15) is 0 Å². The molecule has 18 heavy (non-hydrogen) atoms. The predicted molar refractivity (Wildman–Crippen MR) is 75.4 cm³/mol. The third-order valence-electron chi connectivity index (χ3n) is 2.70. The number of hydrogen-bond acceptors (Lipinski definition) is 3. The van der Waals surface area contributed by atoms with Crippen LogP contribution in [-0.4, -0.2) is 32.9 Å². The van der Waals surface area contributed by atoms with Crippen molar-refractivity contribution in [2.75, 3.05) is 32.9 Å². The van der Waals surface area contributed by atoms with Crippen molar-refractivity contribution in [3.8, 4) is 5.75 Å². The van der Waals surface area contributed by atoms with Crippen LogP contribution in [0.25, 0.3) is 0 Å². The van der Waals surface area contributed by atoms with E-state index in [1.54, 1.807) is 0 Å². The van der Waals surface area contributed by atoms with E-state index in [2.05, 4.69) is 38.2 Å². The van der Waals surface area contributed by atoms with Crippen molar-refractivity contribution in [2.45, 2.75) is 26.7 Å². The van der Waals surface area contributed by atoms with Gasteiger partial charge in [-0.2, -0.15) is 0 Å². The van der Waals surface area contributed by atoms with Gasteiger partial charge in [-0.1, -0.05) is 39.0 Å². The van der Waals surface area contributed by atoms with E-state index in [1.165, 1.54) is 5.56 Å². The van der Waals surface area contributed by atoms with Gasteiger partial charge >= 0.3 is 0 Å². The van der Waals surface area contributed by atoms with E-state index in [-0.39, 0.29) is 0 Å². The molecule has 3 heteroatoms. The van der Waals surface area contributed by atoms with Crippen LogP contribution in [0.1, 0.15) is 32.3 Å². The molecule has 0 aliphatic heterocycles. The fraction of sp³-hybridized carbons (Fsp3) is 0.600. The summed E-state index contributed by atoms with van der Waals surface area (Å²) in [5.74, 6) is 1.46. The molecule has 0 spiro atoms. The molecule has 0 radical (unpaired) electrons. The van der Waals surface area contributed by atoms with Gasteiger partial charge in [0.2, 0.25) is 0 Å². The molecule has 0 amide bonds. The van der Waals surface area contributed by atoms with Gasteiger partial charge < -0.3 is 14.8 Å². The molecule has 0 atom stereocenters. The summed E-state index contributed by atoms with van der Waals surface area (Å²) in [4.78, 5) is 0. The van der Waals surface area contributed by atoms with Crippen LogP contribution in [-0.2, 0) is 4.74 Å². The lowest BCUT2D eigenvalue weighted by atomic mass is 10.0. The van der Waals surface area contributed by atoms with Crippen LogP contribution >= 0.6 is 0 Å². The molecule has 1 rings (SSSR count). The molecule has 0 saturated heterocycles. The van der Waals surface area contributed by atoms with E-state index in [4.69, 9.17) is 9.47 Å². The highest BCUT2D eigenvalue weighted by molar-refractivity contribution is 5.35. The summed E-state index contributed by atoms with van der Waals surface area (Å²) >= 11 is 0. The topological polar surface area (TPSA) is 30.5 Å². The Balaban J connectivity index is 2.23. The number of hydrogen-bond donors (Lipinski definition) is 1. The maximum Gasteiger partial charge on any atom is 0.122 e. The molecule has 0 heterocycles. The largest absolute Gasteiger partial charge is 0.491 e. The summed E-state index contributed by atoms with van der Waals surface area (Å²) in [5.41, 5.74) is 1.25. The van der Waals surface area contributed by atoms with Gasteiger partial charge in [0.25, 0.3) is 0 Å². The number of benzene rings is 1. The Morgan fingerprint density at radius 1 is 1.11 bits per heavy atom. The van der Waals surface area contributed by atoms with Crippen molar-refractivity contribution in [3.63, 3.8) is 0 Å². The van der Waals surface area contributed by atoms with Gasteiger partial charge in [-0.25, -0.2) is 0 Å². The molecule has 0 aromatic heterocycles. The van der Waals surface area contributed by atoms with Crippen molar-refractivity contribution in [3.05, 3.63) is 29.8 Å². The predicted octanol–water partition coefficient (Wildman–Crippen LogP) is 2.81. The number of para-hydroxylation sites is 1. The summed E-state index contributed by atoms with van der Waals surface area (Å²) in [7, 11) is 0. The Hall–Kier alpha value is -1.06. The molecule has 0 saturated carbocycles. The number of nitrogens with one attached hydrogen (secondary N) is 1. The molecule has 0 aliphatic carbocycles. The van der Waals surface area contributed by atoms with Gasteiger partial charge in [-0.15, -0.1) is 0 Å². The van der Waals surface area contributed by atoms with Gasteiger partial charge in [-0.3, -0.25) is 0 Å². The fourth-order valence-corrected chi connectivity index (χ4v) is 1.72. The zero-order valence-electron chi connectivity index (χ0n) is 11.7. The number of likely N-dealkylation sites (N-methyl/N-ethyl adjacent to an activating group) is 1. The fourth-order valence-electron chi connectivity index (χ4n) is 1.72. The first-order valence-electron chi connectivity index (χ1n) is 6.76. The molecule has 1 aromatic carbocycles. The third-order valence-corrected chi connectivity index (χ3v) is 2.70. The van der Waals surface area contributed by atoms with Gasteiger partial charge in [0.15, 0.2) is 0 Å². The molecule has 1 N–H and O–H groups in total. The molecule has 3 nitrogen and oxygen atoms in total. The Bertz CT molecular complexity index is 326. The summed E-state index contributed by atoms with van der Waals surface area (Å²) in [6, 6.07) is 8.20. The summed E-state index contributed by atoms with van der Waals surface area (Å²) in [6.45, 7) is 10.3. The van der Waals surface area contributed by atoms with E-state index in [0.717, 1.165) is 25.4 Å². The summed E-state index contributed by atoms with van der Waals surface area (Å²) in [6.07, 6.45) is 0. The third kappa shape index (κ3) is 5.52. The molecule has 0 aliphatic rings. The first-order valence-corrected chi connectivity index (χ1v) is 6.76. The average molecular weight is 251 g/mol. The molecule has 0 unspecified atom stereocenters. The standard InChI is InChI=1S/C15H25NO2/c1-4-16-9-10-17-11-12-18-15-8-6-5-7-14(15)13(2)3/h5-8,13,16H,4,9-12H2,1-3H3. The van der Waals surface area contributed by atoms with Crippen LogP contribution in [0, 0.1) is 0 Å². The van der Waals surface area contributed by atoms with Gasteiger partial charge in [0.05, 0.1) is 13.2 Å². The van der Waals surface area contributed by atoms with E-state index < -0.39 is 0 Å². The quantitative estimate of drug-likeness (QED) is 0.685. The highest BCUT2D eigenvalue weighted by Crippen LogP contribution is 2.25. The second-order valence-corrected chi connectivity index (χ2v) is 4.51. The molecular formula is C15H25NO2. The van der Waals surface area contributed by atoms with Gasteiger partial charge in [-0.05, 0) is 24.1 Å². The second-order valence-electron chi connectivity index (χ2n) is 4.51. The van der Waals surface area contributed by atoms with Crippen molar-refractivity contribution < 1.29 is 9.47 Å². The average Bonchev–Trinajstić information content (AvgIpc) is 2.38. The lowest BCUT2D eigenvalue weighted by molar-refractivity contribution is 0.102. The van der Waals surface area contributed by atoms with Crippen LogP contribution in [0.3, 0.4) is 0 Å². The Morgan fingerprint density at radius 3 is 2.61 bits per heavy atom. The zero-order chi connectivity index (χ0) is 13.2. The summed E-state index contributed by atoms with van der Waals surface area (Å²) < 4.78 is 11.2. The highest BCUT2D eigenvalue weighted by Gasteiger charge is 2.06. The van der Waals surface area contributed by atoms with Crippen molar-refractivity contribution in [1.82, 2.24) is 5.32 Å². The van der Waals surface area contributed by atoms with Crippen LogP contribution < -0.4 is 10.1 Å². The zero-order valence-corrected chi connectivity index (χ0v) is 11.7. The molecular weight excluding hydrogens is 226 g/mol. The van der Waals surface area contributed by atoms with Gasteiger partial charge in [0, 0.05) is 6.54 Å². The Labute approximate surface area is 110 Å². The van der Waals surface area contributed by atoms with Gasteiger partial charge in [0.1, 0.15) is 12.4 Å². The van der Waals surface area contributed by atoms with E-state index in [1.807, 2.05) is 12.1 Å². The molecule has 0 bridgehead atoms. The summed E-state index contributed by atoms with van der Waals surface area (Å²) in [5, 5.41) is 3.22. The van der Waals surface area contributed by atoms with E-state index >= 15 is 0 Å². The van der Waals surface area contributed by atoms with E-state index in [0.29, 0.717) is 19.1 Å². The van der Waals surface area contributed by atoms with Crippen LogP contribution in [0.4, 0.5) is 0 Å². The lowest BCUT2D eigenvalue weighted by Crippen LogP contribution is -2.20. The monoisotopic (exact) mass is 251 g/mol. The smallest absolute Gasteiger partial charge is 0.122 e. The SMILES string of the molecule is CCNCCOCCOc1ccccc1C(C)C. The van der Waals surface area contributed by atoms with Crippen molar-refractivity contribution >= 4 is 0 Å². The van der Waals surface area contributed by atoms with Crippen LogP contribution in [0.5, 0.6) is 5.75 Å². The number of ether oxygens (including phenoxy) is 2. The van der Waals surface area contributed by atoms with Crippen LogP contribution in [0.15, 0.2) is 24.3 Å². The minimum Gasteiger partial charge on any atom is -0.491 e. The molecule has 1 aromatic rings. The van der Waals surface area contributed by atoms with Crippen LogP contribution in [0.2, 0.25) is 0 Å². The molecule has 102 valence electrons. The Kier molecular flexibility index (Phi) is 7.46. The van der Waals surface area contributed by atoms with Crippen molar-refractivity contribution in [1.29, 1.82) is 0 Å². The lowest BCUT2D eigenvalue weighted by Gasteiger charge is -2.13. The van der Waals surface area contributed by atoms with Crippen molar-refractivity contribution in [2.24, 2.45) is 0 Å². The second kappa shape index (κ2) is 8.95. The first kappa shape index (κ1) is 15.0. The Morgan fingerprint density at radius 2 is 1.89 bits per heavy atom.